The molecule has 1 unspecified atom stereocenters. The number of urea groups is 1. The molecule has 0 aromatic heterocycles. The van der Waals surface area contributed by atoms with E-state index in [-0.39, 0.29) is 18.7 Å². The summed E-state index contributed by atoms with van der Waals surface area (Å²) in [6.45, 7) is 2.64. The number of likely N-dealkylation sites (N-methyl/N-ethyl adjacent to an activating group) is 1. The molecule has 1 atom stereocenters. The highest BCUT2D eigenvalue weighted by molar-refractivity contribution is 5.75. The molecule has 1 aromatic rings. The van der Waals surface area contributed by atoms with Crippen LogP contribution in [0.3, 0.4) is 0 Å². The molecule has 122 valence electrons. The van der Waals surface area contributed by atoms with E-state index in [1.807, 2.05) is 25.2 Å². The van der Waals surface area contributed by atoms with Crippen LogP contribution in [0, 0.1) is 0 Å². The Morgan fingerprint density at radius 2 is 1.95 bits per heavy atom. The SMILES string of the molecule is CC(CNC(=O)NC1(CO)CCCC1)N(C)c1ccccc1. The van der Waals surface area contributed by atoms with Crippen LogP contribution in [0.5, 0.6) is 0 Å². The summed E-state index contributed by atoms with van der Waals surface area (Å²) in [5.74, 6) is 0. The molecule has 0 radical (unpaired) electrons. The Bertz CT molecular complexity index is 472. The molecule has 1 aliphatic carbocycles. The van der Waals surface area contributed by atoms with E-state index >= 15 is 0 Å². The zero-order valence-corrected chi connectivity index (χ0v) is 13.5. The third-order valence-electron chi connectivity index (χ3n) is 4.62. The molecule has 5 nitrogen and oxygen atoms in total. The first-order valence-corrected chi connectivity index (χ1v) is 8.01. The summed E-state index contributed by atoms with van der Waals surface area (Å²) >= 11 is 0. The van der Waals surface area contributed by atoms with E-state index in [0.29, 0.717) is 6.54 Å². The van der Waals surface area contributed by atoms with E-state index < -0.39 is 5.54 Å². The highest BCUT2D eigenvalue weighted by Crippen LogP contribution is 2.28. The molecule has 1 fully saturated rings. The van der Waals surface area contributed by atoms with Gasteiger partial charge in [0.1, 0.15) is 0 Å². The summed E-state index contributed by atoms with van der Waals surface area (Å²) in [6.07, 6.45) is 3.84. The lowest BCUT2D eigenvalue weighted by atomic mass is 9.99. The molecule has 0 heterocycles. The summed E-state index contributed by atoms with van der Waals surface area (Å²) in [5.41, 5.74) is 0.707. The largest absolute Gasteiger partial charge is 0.394 e. The number of nitrogens with zero attached hydrogens (tertiary/aromatic N) is 1. The summed E-state index contributed by atoms with van der Waals surface area (Å²) in [7, 11) is 2.02. The molecule has 0 saturated heterocycles. The van der Waals surface area contributed by atoms with Crippen LogP contribution < -0.4 is 15.5 Å². The summed E-state index contributed by atoms with van der Waals surface area (Å²) in [5, 5.41) is 15.4. The van der Waals surface area contributed by atoms with Crippen LogP contribution in [0.4, 0.5) is 10.5 Å². The molecule has 1 aliphatic rings. The molecular weight excluding hydrogens is 278 g/mol. The first kappa shape index (κ1) is 16.6. The maximum Gasteiger partial charge on any atom is 0.315 e. The fourth-order valence-electron chi connectivity index (χ4n) is 2.95. The first-order valence-electron chi connectivity index (χ1n) is 8.01. The Morgan fingerprint density at radius 1 is 1.32 bits per heavy atom. The fourth-order valence-corrected chi connectivity index (χ4v) is 2.95. The van der Waals surface area contributed by atoms with Crippen molar-refractivity contribution in [3.05, 3.63) is 30.3 Å². The Kier molecular flexibility index (Phi) is 5.66. The van der Waals surface area contributed by atoms with Gasteiger partial charge in [-0.05, 0) is 31.9 Å². The van der Waals surface area contributed by atoms with Crippen LogP contribution in [-0.4, -0.2) is 42.9 Å². The van der Waals surface area contributed by atoms with Crippen molar-refractivity contribution in [2.45, 2.75) is 44.2 Å². The smallest absolute Gasteiger partial charge is 0.315 e. The Morgan fingerprint density at radius 3 is 2.55 bits per heavy atom. The molecule has 2 rings (SSSR count). The number of benzene rings is 1. The van der Waals surface area contributed by atoms with Crippen molar-refractivity contribution in [3.63, 3.8) is 0 Å². The third-order valence-corrected chi connectivity index (χ3v) is 4.62. The highest BCUT2D eigenvalue weighted by Gasteiger charge is 2.34. The lowest BCUT2D eigenvalue weighted by Crippen LogP contribution is -2.54. The second-order valence-electron chi connectivity index (χ2n) is 6.28. The summed E-state index contributed by atoms with van der Waals surface area (Å²) in [4.78, 5) is 14.2. The normalized spacial score (nSPS) is 17.8. The maximum atomic E-state index is 12.1. The minimum Gasteiger partial charge on any atom is -0.394 e. The maximum absolute atomic E-state index is 12.1. The minimum absolute atomic E-state index is 0.0138. The topological polar surface area (TPSA) is 64.6 Å². The predicted molar refractivity (Wildman–Crippen MR) is 89.1 cm³/mol. The van der Waals surface area contributed by atoms with Crippen LogP contribution in [-0.2, 0) is 0 Å². The average Bonchev–Trinajstić information content (AvgIpc) is 3.01. The van der Waals surface area contributed by atoms with Crippen molar-refractivity contribution in [3.8, 4) is 0 Å². The van der Waals surface area contributed by atoms with Gasteiger partial charge in [-0.15, -0.1) is 0 Å². The van der Waals surface area contributed by atoms with Gasteiger partial charge in [-0.1, -0.05) is 31.0 Å². The lowest BCUT2D eigenvalue weighted by Gasteiger charge is -2.30. The number of hydrogen-bond donors (Lipinski definition) is 3. The molecule has 1 aromatic carbocycles. The van der Waals surface area contributed by atoms with Gasteiger partial charge in [-0.2, -0.15) is 0 Å². The monoisotopic (exact) mass is 305 g/mol. The van der Waals surface area contributed by atoms with Crippen molar-refractivity contribution in [2.24, 2.45) is 0 Å². The zero-order chi connectivity index (χ0) is 16.0. The zero-order valence-electron chi connectivity index (χ0n) is 13.5. The second-order valence-corrected chi connectivity index (χ2v) is 6.28. The van der Waals surface area contributed by atoms with Crippen LogP contribution >= 0.6 is 0 Å². The molecule has 1 saturated carbocycles. The molecular formula is C17H27N3O2. The lowest BCUT2D eigenvalue weighted by molar-refractivity contribution is 0.163. The number of amides is 2. The molecule has 0 aliphatic heterocycles. The van der Waals surface area contributed by atoms with E-state index in [4.69, 9.17) is 0 Å². The van der Waals surface area contributed by atoms with Gasteiger partial charge in [0.05, 0.1) is 12.1 Å². The van der Waals surface area contributed by atoms with Gasteiger partial charge in [0.25, 0.3) is 0 Å². The van der Waals surface area contributed by atoms with Crippen LogP contribution in [0.1, 0.15) is 32.6 Å². The standard InChI is InChI=1S/C17H27N3O2/c1-14(20(2)15-8-4-3-5-9-15)12-18-16(22)19-17(13-21)10-6-7-11-17/h3-5,8-9,14,21H,6-7,10-13H2,1-2H3,(H2,18,19,22). The Labute approximate surface area is 132 Å². The van der Waals surface area contributed by atoms with Gasteiger partial charge in [0, 0.05) is 25.3 Å². The van der Waals surface area contributed by atoms with Gasteiger partial charge >= 0.3 is 6.03 Å². The number of aliphatic hydroxyl groups is 1. The average molecular weight is 305 g/mol. The van der Waals surface area contributed by atoms with Crippen LogP contribution in [0.25, 0.3) is 0 Å². The van der Waals surface area contributed by atoms with Gasteiger partial charge in [0.2, 0.25) is 0 Å². The van der Waals surface area contributed by atoms with Crippen molar-refractivity contribution in [1.29, 1.82) is 0 Å². The van der Waals surface area contributed by atoms with Crippen molar-refractivity contribution >= 4 is 11.7 Å². The number of carbonyl (C=O) groups excluding carboxylic acids is 1. The van der Waals surface area contributed by atoms with E-state index in [9.17, 15) is 9.90 Å². The van der Waals surface area contributed by atoms with E-state index in [0.717, 1.165) is 31.4 Å². The van der Waals surface area contributed by atoms with Crippen molar-refractivity contribution in [1.82, 2.24) is 10.6 Å². The van der Waals surface area contributed by atoms with E-state index in [1.165, 1.54) is 0 Å². The number of hydrogen-bond acceptors (Lipinski definition) is 3. The van der Waals surface area contributed by atoms with Crippen LogP contribution in [0.2, 0.25) is 0 Å². The Hall–Kier alpha value is -1.75. The summed E-state index contributed by atoms with van der Waals surface area (Å²) < 4.78 is 0. The number of rotatable bonds is 6. The van der Waals surface area contributed by atoms with Crippen molar-refractivity contribution < 1.29 is 9.90 Å². The van der Waals surface area contributed by atoms with Crippen LogP contribution in [0.15, 0.2) is 30.3 Å². The number of carbonyl (C=O) groups is 1. The number of para-hydroxylation sites is 1. The van der Waals surface area contributed by atoms with Gasteiger partial charge in [-0.25, -0.2) is 4.79 Å². The Balaban J connectivity index is 1.80. The third kappa shape index (κ3) is 4.13. The first-order chi connectivity index (χ1) is 10.6. The fraction of sp³-hybridized carbons (Fsp3) is 0.588. The van der Waals surface area contributed by atoms with Gasteiger partial charge in [0.15, 0.2) is 0 Å². The molecule has 0 bridgehead atoms. The van der Waals surface area contributed by atoms with Gasteiger partial charge < -0.3 is 20.6 Å². The molecule has 2 amide bonds. The summed E-state index contributed by atoms with van der Waals surface area (Å²) in [6, 6.07) is 10.1. The number of aliphatic hydroxyl groups excluding tert-OH is 1. The van der Waals surface area contributed by atoms with Gasteiger partial charge in [-0.3, -0.25) is 0 Å². The molecule has 5 heteroatoms. The minimum atomic E-state index is -0.418. The van der Waals surface area contributed by atoms with Crippen molar-refractivity contribution in [2.75, 3.05) is 25.1 Å². The molecule has 3 N–H and O–H groups in total. The molecule has 0 spiro atoms. The second kappa shape index (κ2) is 7.49. The highest BCUT2D eigenvalue weighted by atomic mass is 16.3. The molecule has 22 heavy (non-hydrogen) atoms. The van der Waals surface area contributed by atoms with E-state index in [1.54, 1.807) is 0 Å². The predicted octanol–water partition coefficient (Wildman–Crippen LogP) is 2.12. The quantitative estimate of drug-likeness (QED) is 0.754. The van der Waals surface area contributed by atoms with E-state index in [2.05, 4.69) is 34.6 Å². The number of nitrogens with one attached hydrogen (secondary N) is 2. The number of anilines is 1.